The molecule has 1 atom stereocenters. The fourth-order valence-corrected chi connectivity index (χ4v) is 2.55. The third-order valence-corrected chi connectivity index (χ3v) is 4.02. The van der Waals surface area contributed by atoms with Crippen LogP contribution in [-0.4, -0.2) is 42.9 Å². The first kappa shape index (κ1) is 22.3. The first-order valence-electron chi connectivity index (χ1n) is 8.93. The van der Waals surface area contributed by atoms with Gasteiger partial charge in [-0.05, 0) is 37.3 Å². The molecule has 2 N–H and O–H groups in total. The number of hydrogen-bond donors (Lipinski definition) is 2. The van der Waals surface area contributed by atoms with Crippen molar-refractivity contribution in [3.05, 3.63) is 58.1 Å². The van der Waals surface area contributed by atoms with E-state index in [1.54, 1.807) is 43.3 Å². The predicted octanol–water partition coefficient (Wildman–Crippen LogP) is 2.80. The van der Waals surface area contributed by atoms with Crippen LogP contribution >= 0.6 is 0 Å². The Bertz CT molecular complexity index is 972. The van der Waals surface area contributed by atoms with Crippen LogP contribution in [0.3, 0.4) is 0 Å². The number of nitro groups is 1. The van der Waals surface area contributed by atoms with Crippen molar-refractivity contribution in [3.8, 4) is 0 Å². The average molecular weight is 414 g/mol. The molecule has 2 rings (SSSR count). The van der Waals surface area contributed by atoms with E-state index in [1.807, 2.05) is 0 Å². The van der Waals surface area contributed by atoms with Gasteiger partial charge in [-0.25, -0.2) is 4.79 Å². The summed E-state index contributed by atoms with van der Waals surface area (Å²) >= 11 is 0. The van der Waals surface area contributed by atoms with Crippen molar-refractivity contribution in [2.24, 2.45) is 0 Å². The normalized spacial score (nSPS) is 11.2. The van der Waals surface area contributed by atoms with Crippen molar-refractivity contribution >= 4 is 40.5 Å². The number of rotatable bonds is 7. The van der Waals surface area contributed by atoms with E-state index in [0.29, 0.717) is 17.1 Å². The quantitative estimate of drug-likeness (QED) is 0.405. The Hall–Kier alpha value is -3.95. The number of hydrogen-bond acceptors (Lipinski definition) is 7. The number of non-ortho nitro benzene ring substituents is 1. The highest BCUT2D eigenvalue weighted by Gasteiger charge is 2.24. The molecule has 0 aliphatic heterocycles. The zero-order valence-corrected chi connectivity index (χ0v) is 17.0. The zero-order valence-electron chi connectivity index (χ0n) is 17.0. The minimum absolute atomic E-state index is 0.0199. The first-order chi connectivity index (χ1) is 14.1. The molecule has 0 aliphatic carbocycles. The molecule has 0 radical (unpaired) electrons. The molecule has 10 heteroatoms. The molecule has 0 saturated heterocycles. The summed E-state index contributed by atoms with van der Waals surface area (Å²) in [5.41, 5.74) is 1.16. The molecule has 2 aromatic carbocycles. The lowest BCUT2D eigenvalue weighted by atomic mass is 10.1. The van der Waals surface area contributed by atoms with Gasteiger partial charge in [0.05, 0.1) is 16.2 Å². The van der Waals surface area contributed by atoms with Crippen molar-refractivity contribution in [1.29, 1.82) is 0 Å². The summed E-state index contributed by atoms with van der Waals surface area (Å²) in [5, 5.41) is 16.2. The van der Waals surface area contributed by atoms with Crippen LogP contribution < -0.4 is 15.5 Å². The lowest BCUT2D eigenvalue weighted by molar-refractivity contribution is -0.384. The second kappa shape index (κ2) is 9.50. The number of benzene rings is 2. The molecule has 0 heterocycles. The maximum atomic E-state index is 12.6. The molecule has 10 nitrogen and oxygen atoms in total. The predicted molar refractivity (Wildman–Crippen MR) is 112 cm³/mol. The monoisotopic (exact) mass is 414 g/mol. The van der Waals surface area contributed by atoms with Crippen molar-refractivity contribution in [2.45, 2.75) is 20.0 Å². The Balaban J connectivity index is 2.09. The number of anilines is 3. The van der Waals surface area contributed by atoms with Crippen LogP contribution in [0.1, 0.15) is 24.2 Å². The Morgan fingerprint density at radius 1 is 1.03 bits per heavy atom. The van der Waals surface area contributed by atoms with Gasteiger partial charge in [-0.1, -0.05) is 0 Å². The summed E-state index contributed by atoms with van der Waals surface area (Å²) in [5.74, 6) is -1.65. The van der Waals surface area contributed by atoms with E-state index in [4.69, 9.17) is 4.74 Å². The maximum absolute atomic E-state index is 12.6. The zero-order chi connectivity index (χ0) is 22.4. The van der Waals surface area contributed by atoms with E-state index in [9.17, 15) is 24.5 Å². The van der Waals surface area contributed by atoms with Gasteiger partial charge in [0, 0.05) is 44.5 Å². The minimum Gasteiger partial charge on any atom is -0.449 e. The topological polar surface area (TPSA) is 131 Å². The molecule has 0 saturated carbocycles. The van der Waals surface area contributed by atoms with Crippen molar-refractivity contribution in [1.82, 2.24) is 0 Å². The SMILES string of the molecule is CC(=O)Nc1ccc(NC(=O)[C@@H](C)OC(=O)c2cc([N+](=O)[O-])ccc2N(C)C)cc1. The molecule has 2 aromatic rings. The molecule has 0 aromatic heterocycles. The van der Waals surface area contributed by atoms with Crippen LogP contribution in [0, 0.1) is 10.1 Å². The van der Waals surface area contributed by atoms with E-state index in [0.717, 1.165) is 6.07 Å². The smallest absolute Gasteiger partial charge is 0.341 e. The van der Waals surface area contributed by atoms with E-state index in [2.05, 4.69) is 10.6 Å². The van der Waals surface area contributed by atoms with Gasteiger partial charge in [0.1, 0.15) is 0 Å². The third kappa shape index (κ3) is 5.77. The highest BCUT2D eigenvalue weighted by Crippen LogP contribution is 2.25. The molecule has 30 heavy (non-hydrogen) atoms. The molecule has 0 aliphatic rings. The Morgan fingerprint density at radius 2 is 1.60 bits per heavy atom. The molecule has 0 spiro atoms. The summed E-state index contributed by atoms with van der Waals surface area (Å²) < 4.78 is 5.22. The number of carbonyl (C=O) groups excluding carboxylic acids is 3. The largest absolute Gasteiger partial charge is 0.449 e. The first-order valence-corrected chi connectivity index (χ1v) is 8.93. The average Bonchev–Trinajstić information content (AvgIpc) is 2.68. The fourth-order valence-electron chi connectivity index (χ4n) is 2.55. The van der Waals surface area contributed by atoms with Crippen molar-refractivity contribution in [3.63, 3.8) is 0 Å². The highest BCUT2D eigenvalue weighted by atomic mass is 16.6. The van der Waals surface area contributed by atoms with Gasteiger partial charge in [0.25, 0.3) is 11.6 Å². The van der Waals surface area contributed by atoms with Gasteiger partial charge in [-0.15, -0.1) is 0 Å². The lowest BCUT2D eigenvalue weighted by Gasteiger charge is -2.18. The van der Waals surface area contributed by atoms with Crippen molar-refractivity contribution in [2.75, 3.05) is 29.6 Å². The van der Waals surface area contributed by atoms with Gasteiger partial charge in [0.2, 0.25) is 5.91 Å². The Kier molecular flexibility index (Phi) is 7.08. The number of ether oxygens (including phenoxy) is 1. The maximum Gasteiger partial charge on any atom is 0.341 e. The number of esters is 1. The summed E-state index contributed by atoms with van der Waals surface area (Å²) in [6.45, 7) is 2.78. The van der Waals surface area contributed by atoms with Gasteiger partial charge in [-0.2, -0.15) is 0 Å². The number of amides is 2. The number of nitro benzene ring substituents is 1. The summed E-state index contributed by atoms with van der Waals surface area (Å²) in [7, 11) is 3.36. The van der Waals surface area contributed by atoms with Crippen LogP contribution in [0.5, 0.6) is 0 Å². The Labute approximate surface area is 173 Å². The standard InChI is InChI=1S/C20H22N4O6/c1-12(19(26)22-15-7-5-14(6-8-15)21-13(2)25)30-20(27)17-11-16(24(28)29)9-10-18(17)23(3)4/h5-12H,1-4H3,(H,21,25)(H,22,26)/t12-/m1/s1. The fraction of sp³-hybridized carbons (Fsp3) is 0.250. The minimum atomic E-state index is -1.15. The highest BCUT2D eigenvalue weighted by molar-refractivity contribution is 6.00. The van der Waals surface area contributed by atoms with Crippen LogP contribution in [0.25, 0.3) is 0 Å². The van der Waals surface area contributed by atoms with Gasteiger partial charge in [-0.3, -0.25) is 19.7 Å². The molecule has 158 valence electrons. The van der Waals surface area contributed by atoms with Crippen LogP contribution in [0.2, 0.25) is 0 Å². The summed E-state index contributed by atoms with van der Waals surface area (Å²) in [4.78, 5) is 48.0. The molecule has 0 fully saturated rings. The van der Waals surface area contributed by atoms with E-state index < -0.39 is 22.9 Å². The molecule has 0 unspecified atom stereocenters. The second-order valence-electron chi connectivity index (χ2n) is 6.65. The van der Waals surface area contributed by atoms with E-state index in [-0.39, 0.29) is 17.2 Å². The molecule has 0 bridgehead atoms. The van der Waals surface area contributed by atoms with Gasteiger partial charge >= 0.3 is 5.97 Å². The van der Waals surface area contributed by atoms with Crippen molar-refractivity contribution < 1.29 is 24.0 Å². The number of nitrogens with zero attached hydrogens (tertiary/aromatic N) is 2. The molecule has 2 amide bonds. The summed E-state index contributed by atoms with van der Waals surface area (Å²) in [6.07, 6.45) is -1.15. The summed E-state index contributed by atoms with van der Waals surface area (Å²) in [6, 6.07) is 10.2. The van der Waals surface area contributed by atoms with Gasteiger partial charge < -0.3 is 20.3 Å². The van der Waals surface area contributed by atoms with Crippen LogP contribution in [0.15, 0.2) is 42.5 Å². The van der Waals surface area contributed by atoms with Gasteiger partial charge in [0.15, 0.2) is 6.10 Å². The van der Waals surface area contributed by atoms with E-state index >= 15 is 0 Å². The Morgan fingerprint density at radius 3 is 2.10 bits per heavy atom. The molecular weight excluding hydrogens is 392 g/mol. The number of carbonyl (C=O) groups is 3. The van der Waals surface area contributed by atoms with Crippen LogP contribution in [0.4, 0.5) is 22.7 Å². The third-order valence-electron chi connectivity index (χ3n) is 4.02. The number of nitrogens with one attached hydrogen (secondary N) is 2. The lowest BCUT2D eigenvalue weighted by Crippen LogP contribution is -2.30. The molecular formula is C20H22N4O6. The van der Waals surface area contributed by atoms with Crippen LogP contribution in [-0.2, 0) is 14.3 Å². The van der Waals surface area contributed by atoms with E-state index in [1.165, 1.54) is 26.0 Å². The second-order valence-corrected chi connectivity index (χ2v) is 6.65.